The van der Waals surface area contributed by atoms with Crippen LogP contribution in [-0.2, 0) is 19.9 Å². The molecule has 0 saturated heterocycles. The van der Waals surface area contributed by atoms with Crippen molar-refractivity contribution < 1.29 is 4.57 Å². The van der Waals surface area contributed by atoms with Crippen LogP contribution in [0.2, 0.25) is 0 Å². The predicted molar refractivity (Wildman–Crippen MR) is 73.5 cm³/mol. The maximum Gasteiger partial charge on any atom is 0.223 e. The van der Waals surface area contributed by atoms with Gasteiger partial charge in [0, 0.05) is 11.6 Å². The minimum absolute atomic E-state index is 1.27. The van der Waals surface area contributed by atoms with Crippen molar-refractivity contribution in [2.75, 3.05) is 0 Å². The maximum absolute atomic E-state index is 2.37. The van der Waals surface area contributed by atoms with E-state index in [4.69, 9.17) is 0 Å². The molecule has 1 aliphatic rings. The molecule has 0 saturated carbocycles. The molecule has 0 spiro atoms. The van der Waals surface area contributed by atoms with Crippen LogP contribution in [0.15, 0.2) is 17.6 Å². The van der Waals surface area contributed by atoms with Crippen LogP contribution in [0.1, 0.15) is 43.2 Å². The molecule has 1 nitrogen and oxygen atoms in total. The van der Waals surface area contributed by atoms with Gasteiger partial charge in [0.05, 0.1) is 0 Å². The van der Waals surface area contributed by atoms with Crippen LogP contribution in [0.4, 0.5) is 0 Å². The molecule has 2 heterocycles. The van der Waals surface area contributed by atoms with Crippen LogP contribution < -0.4 is 4.57 Å². The zero-order valence-corrected chi connectivity index (χ0v) is 11.4. The predicted octanol–water partition coefficient (Wildman–Crippen LogP) is 3.77. The summed E-state index contributed by atoms with van der Waals surface area (Å²) in [4.78, 5) is 0. The lowest BCUT2D eigenvalue weighted by molar-refractivity contribution is -0.645. The third-order valence-corrected chi connectivity index (χ3v) is 4.87. The molecule has 1 aliphatic carbocycles. The lowest BCUT2D eigenvalue weighted by Crippen LogP contribution is -2.29. The molecule has 0 N–H and O–H groups in total. The van der Waals surface area contributed by atoms with E-state index >= 15 is 0 Å². The van der Waals surface area contributed by atoms with Crippen molar-refractivity contribution in [3.05, 3.63) is 28.8 Å². The van der Waals surface area contributed by atoms with Gasteiger partial charge in [-0.1, -0.05) is 19.3 Å². The Morgan fingerprint density at radius 2 is 1.82 bits per heavy atom. The summed E-state index contributed by atoms with van der Waals surface area (Å²) >= 11 is 1.92. The maximum atomic E-state index is 2.37. The van der Waals surface area contributed by atoms with Gasteiger partial charge in [-0.2, -0.15) is 0 Å². The van der Waals surface area contributed by atoms with E-state index in [0.29, 0.717) is 0 Å². The molecule has 17 heavy (non-hydrogen) atoms. The Kier molecular flexibility index (Phi) is 3.15. The van der Waals surface area contributed by atoms with Crippen LogP contribution in [0, 0.1) is 0 Å². The van der Waals surface area contributed by atoms with Gasteiger partial charge in [-0.05, 0) is 36.6 Å². The fraction of sp³-hybridized carbons (Fsp3) is 0.533. The number of hydrogen-bond acceptors (Lipinski definition) is 1. The molecular formula is C15H20NS+. The second kappa shape index (κ2) is 4.77. The summed E-state index contributed by atoms with van der Waals surface area (Å²) in [7, 11) is 2.18. The van der Waals surface area contributed by atoms with Crippen LogP contribution in [-0.4, -0.2) is 0 Å². The van der Waals surface area contributed by atoms with Crippen molar-refractivity contribution in [1.29, 1.82) is 0 Å². The molecule has 0 fully saturated rings. The number of thiophene rings is 1. The van der Waals surface area contributed by atoms with Crippen LogP contribution in [0.3, 0.4) is 0 Å². The zero-order valence-electron chi connectivity index (χ0n) is 10.5. The smallest absolute Gasteiger partial charge is 0.200 e. The van der Waals surface area contributed by atoms with Gasteiger partial charge < -0.3 is 0 Å². The highest BCUT2D eigenvalue weighted by molar-refractivity contribution is 7.17. The summed E-state index contributed by atoms with van der Waals surface area (Å²) < 4.78 is 3.84. The molecular weight excluding hydrogens is 226 g/mol. The molecule has 90 valence electrons. The van der Waals surface area contributed by atoms with Gasteiger partial charge >= 0.3 is 0 Å². The number of nitrogens with zero attached hydrogens (tertiary/aromatic N) is 1. The first-order valence-electron chi connectivity index (χ1n) is 6.74. The quantitative estimate of drug-likeness (QED) is 0.623. The molecule has 0 amide bonds. The van der Waals surface area contributed by atoms with E-state index in [-0.39, 0.29) is 0 Å². The number of aromatic nitrogens is 1. The highest BCUT2D eigenvalue weighted by Gasteiger charge is 2.17. The summed E-state index contributed by atoms with van der Waals surface area (Å²) in [6.45, 7) is 0. The fourth-order valence-corrected chi connectivity index (χ4v) is 4.01. The molecule has 2 heteroatoms. The average Bonchev–Trinajstić information content (AvgIpc) is 2.81. The van der Waals surface area contributed by atoms with Gasteiger partial charge in [-0.15, -0.1) is 11.3 Å². The number of aryl methyl sites for hydroxylation is 3. The average molecular weight is 246 g/mol. The fourth-order valence-electron chi connectivity index (χ4n) is 2.97. The standard InChI is InChI=1S/C15H20NS/c1-16-11-12-7-5-3-2-4-6-8-13(12)15-14(16)9-10-17-15/h9-11H,2-8H2,1H3/q+1. The van der Waals surface area contributed by atoms with E-state index in [1.165, 1.54) is 55.2 Å². The lowest BCUT2D eigenvalue weighted by atomic mass is 10.0. The summed E-state index contributed by atoms with van der Waals surface area (Å²) in [5, 5.41) is 2.23. The van der Waals surface area contributed by atoms with Crippen LogP contribution in [0.5, 0.6) is 0 Å². The van der Waals surface area contributed by atoms with Gasteiger partial charge in [0.2, 0.25) is 5.52 Å². The Morgan fingerprint density at radius 3 is 2.71 bits per heavy atom. The molecule has 0 aliphatic heterocycles. The van der Waals surface area contributed by atoms with Gasteiger partial charge in [0.25, 0.3) is 0 Å². The Bertz CT molecular complexity index is 527. The minimum Gasteiger partial charge on any atom is -0.200 e. The van der Waals surface area contributed by atoms with E-state index in [2.05, 4.69) is 29.3 Å². The molecule has 0 unspecified atom stereocenters. The zero-order chi connectivity index (χ0) is 11.7. The second-order valence-electron chi connectivity index (χ2n) is 5.15. The van der Waals surface area contributed by atoms with Crippen molar-refractivity contribution in [3.8, 4) is 0 Å². The van der Waals surface area contributed by atoms with Crippen molar-refractivity contribution in [1.82, 2.24) is 0 Å². The van der Waals surface area contributed by atoms with E-state index in [9.17, 15) is 0 Å². The highest BCUT2D eigenvalue weighted by atomic mass is 32.1. The van der Waals surface area contributed by atoms with E-state index in [1.54, 1.807) is 11.1 Å². The normalized spacial score (nSPS) is 17.2. The topological polar surface area (TPSA) is 3.88 Å². The monoisotopic (exact) mass is 246 g/mol. The molecule has 0 bridgehead atoms. The molecule has 0 radical (unpaired) electrons. The highest BCUT2D eigenvalue weighted by Crippen LogP contribution is 2.28. The van der Waals surface area contributed by atoms with Gasteiger partial charge in [-0.3, -0.25) is 0 Å². The SMILES string of the molecule is C[n+]1cc2c(c3sccc31)CCCCCCC2. The van der Waals surface area contributed by atoms with E-state index in [0.717, 1.165) is 0 Å². The Morgan fingerprint density at radius 1 is 1.06 bits per heavy atom. The summed E-state index contributed by atoms with van der Waals surface area (Å²) in [6, 6.07) is 2.26. The van der Waals surface area contributed by atoms with Crippen LogP contribution in [0.25, 0.3) is 10.2 Å². The summed E-state index contributed by atoms with van der Waals surface area (Å²) in [5.74, 6) is 0. The van der Waals surface area contributed by atoms with Crippen LogP contribution >= 0.6 is 11.3 Å². The van der Waals surface area contributed by atoms with Gasteiger partial charge in [0.1, 0.15) is 11.7 Å². The second-order valence-corrected chi connectivity index (χ2v) is 6.06. The number of rotatable bonds is 0. The first-order chi connectivity index (χ1) is 8.36. The largest absolute Gasteiger partial charge is 0.223 e. The minimum atomic E-state index is 1.27. The Balaban J connectivity index is 2.14. The Hall–Kier alpha value is -0.890. The molecule has 0 aromatic carbocycles. The van der Waals surface area contributed by atoms with Crippen molar-refractivity contribution in [2.45, 2.75) is 44.9 Å². The van der Waals surface area contributed by atoms with Crippen molar-refractivity contribution in [2.24, 2.45) is 7.05 Å². The number of pyridine rings is 1. The lowest BCUT2D eigenvalue weighted by Gasteiger charge is -2.07. The van der Waals surface area contributed by atoms with Crippen molar-refractivity contribution >= 4 is 21.6 Å². The number of hydrogen-bond donors (Lipinski definition) is 0. The number of fused-ring (bicyclic) bond motifs is 3. The van der Waals surface area contributed by atoms with Crippen molar-refractivity contribution in [3.63, 3.8) is 0 Å². The summed E-state index contributed by atoms with van der Waals surface area (Å²) in [6.07, 6.45) is 11.9. The van der Waals surface area contributed by atoms with E-state index < -0.39 is 0 Å². The molecule has 2 aromatic rings. The molecule has 0 atom stereocenters. The summed E-state index contributed by atoms with van der Waals surface area (Å²) in [5.41, 5.74) is 4.66. The first kappa shape index (κ1) is 11.2. The Labute approximate surface area is 107 Å². The third kappa shape index (κ3) is 2.11. The molecule has 2 aromatic heterocycles. The van der Waals surface area contributed by atoms with Gasteiger partial charge in [-0.25, -0.2) is 4.57 Å². The van der Waals surface area contributed by atoms with E-state index in [1.807, 2.05) is 11.3 Å². The first-order valence-corrected chi connectivity index (χ1v) is 7.62. The molecule has 3 rings (SSSR count). The van der Waals surface area contributed by atoms with Gasteiger partial charge in [0.15, 0.2) is 6.20 Å². The third-order valence-electron chi connectivity index (χ3n) is 3.91.